The summed E-state index contributed by atoms with van der Waals surface area (Å²) in [5, 5.41) is 5.42. The van der Waals surface area contributed by atoms with Crippen molar-refractivity contribution in [1.82, 2.24) is 5.32 Å². The Morgan fingerprint density at radius 3 is 2.67 bits per heavy atom. The molecule has 0 spiro atoms. The smallest absolute Gasteiger partial charge is 0.376 e. The molecule has 1 fully saturated rings. The molecule has 0 aromatic heterocycles. The molecule has 2 rings (SSSR count). The third-order valence-electron chi connectivity index (χ3n) is 2.59. The molecule has 0 bridgehead atoms. The average Bonchev–Trinajstić information content (AvgIpc) is 3.10. The SMILES string of the molecule is O=C(CNc1cccc(C(F)(F)F)c1)NC1CC1. The summed E-state index contributed by atoms with van der Waals surface area (Å²) in [5.74, 6) is -0.199. The number of carbonyl (C=O) groups is 1. The second-order valence-corrected chi connectivity index (χ2v) is 4.27. The van der Waals surface area contributed by atoms with Gasteiger partial charge in [-0.05, 0) is 31.0 Å². The molecule has 6 heteroatoms. The molecular weight excluding hydrogens is 245 g/mol. The van der Waals surface area contributed by atoms with Gasteiger partial charge in [0, 0.05) is 11.7 Å². The second-order valence-electron chi connectivity index (χ2n) is 4.27. The Labute approximate surface area is 102 Å². The van der Waals surface area contributed by atoms with Gasteiger partial charge < -0.3 is 10.6 Å². The zero-order chi connectivity index (χ0) is 13.2. The summed E-state index contributed by atoms with van der Waals surface area (Å²) in [6.45, 7) is -0.0161. The monoisotopic (exact) mass is 258 g/mol. The molecule has 18 heavy (non-hydrogen) atoms. The summed E-state index contributed by atoms with van der Waals surface area (Å²) in [4.78, 5) is 11.4. The van der Waals surface area contributed by atoms with Gasteiger partial charge in [-0.2, -0.15) is 13.2 Å². The van der Waals surface area contributed by atoms with Crippen LogP contribution in [0.1, 0.15) is 18.4 Å². The lowest BCUT2D eigenvalue weighted by molar-refractivity contribution is -0.137. The minimum Gasteiger partial charge on any atom is -0.376 e. The highest BCUT2D eigenvalue weighted by atomic mass is 19.4. The van der Waals surface area contributed by atoms with Crippen LogP contribution in [0, 0.1) is 0 Å². The van der Waals surface area contributed by atoms with E-state index < -0.39 is 11.7 Å². The lowest BCUT2D eigenvalue weighted by Gasteiger charge is -2.10. The lowest BCUT2D eigenvalue weighted by atomic mass is 10.2. The van der Waals surface area contributed by atoms with Crippen molar-refractivity contribution in [2.24, 2.45) is 0 Å². The maximum atomic E-state index is 12.4. The average molecular weight is 258 g/mol. The van der Waals surface area contributed by atoms with Gasteiger partial charge in [-0.1, -0.05) is 6.07 Å². The van der Waals surface area contributed by atoms with Crippen LogP contribution in [0.4, 0.5) is 18.9 Å². The molecule has 0 atom stereocenters. The highest BCUT2D eigenvalue weighted by Gasteiger charge is 2.30. The first kappa shape index (κ1) is 12.7. The molecule has 1 aromatic carbocycles. The Bertz CT molecular complexity index is 441. The number of hydrogen-bond donors (Lipinski definition) is 2. The van der Waals surface area contributed by atoms with Gasteiger partial charge in [-0.15, -0.1) is 0 Å². The molecule has 3 nitrogen and oxygen atoms in total. The number of carbonyl (C=O) groups excluding carboxylic acids is 1. The first-order chi connectivity index (χ1) is 8.45. The number of amides is 1. The molecule has 98 valence electrons. The summed E-state index contributed by atoms with van der Waals surface area (Å²) in [6, 6.07) is 5.05. The zero-order valence-electron chi connectivity index (χ0n) is 9.55. The molecule has 1 aliphatic carbocycles. The number of benzene rings is 1. The Balaban J connectivity index is 1.90. The Kier molecular flexibility index (Phi) is 3.45. The predicted molar refractivity (Wildman–Crippen MR) is 61.1 cm³/mol. The first-order valence-electron chi connectivity index (χ1n) is 5.65. The standard InChI is InChI=1S/C12H13F3N2O/c13-12(14,15)8-2-1-3-10(6-8)16-7-11(18)17-9-4-5-9/h1-3,6,9,16H,4-5,7H2,(H,17,18). The summed E-state index contributed by atoms with van der Waals surface area (Å²) in [6.07, 6.45) is -2.40. The van der Waals surface area contributed by atoms with Crippen molar-refractivity contribution in [3.05, 3.63) is 29.8 Å². The van der Waals surface area contributed by atoms with E-state index >= 15 is 0 Å². The van der Waals surface area contributed by atoms with E-state index in [4.69, 9.17) is 0 Å². The van der Waals surface area contributed by atoms with Crippen LogP contribution in [-0.2, 0) is 11.0 Å². The third-order valence-corrected chi connectivity index (χ3v) is 2.59. The molecule has 1 aliphatic rings. The van der Waals surface area contributed by atoms with Crippen LogP contribution in [0.3, 0.4) is 0 Å². The van der Waals surface area contributed by atoms with Crippen molar-refractivity contribution >= 4 is 11.6 Å². The van der Waals surface area contributed by atoms with Gasteiger partial charge in [0.2, 0.25) is 5.91 Å². The van der Waals surface area contributed by atoms with Crippen molar-refractivity contribution < 1.29 is 18.0 Å². The molecule has 2 N–H and O–H groups in total. The summed E-state index contributed by atoms with van der Waals surface area (Å²) in [7, 11) is 0. The topological polar surface area (TPSA) is 41.1 Å². The molecule has 0 saturated heterocycles. The predicted octanol–water partition coefficient (Wildman–Crippen LogP) is 2.40. The second kappa shape index (κ2) is 4.88. The van der Waals surface area contributed by atoms with Crippen molar-refractivity contribution in [3.63, 3.8) is 0 Å². The van der Waals surface area contributed by atoms with Crippen molar-refractivity contribution in [3.8, 4) is 0 Å². The highest BCUT2D eigenvalue weighted by Crippen LogP contribution is 2.30. The van der Waals surface area contributed by atoms with E-state index in [-0.39, 0.29) is 24.2 Å². The van der Waals surface area contributed by atoms with Crippen LogP contribution in [0.15, 0.2) is 24.3 Å². The molecule has 0 unspecified atom stereocenters. The molecule has 1 amide bonds. The number of anilines is 1. The minimum atomic E-state index is -4.37. The summed E-state index contributed by atoms with van der Waals surface area (Å²) in [5.41, 5.74) is -0.439. The quantitative estimate of drug-likeness (QED) is 0.870. The molecular formula is C12H13F3N2O. The number of rotatable bonds is 4. The normalized spacial score (nSPS) is 15.3. The van der Waals surface area contributed by atoms with E-state index in [1.807, 2.05) is 0 Å². The van der Waals surface area contributed by atoms with Crippen LogP contribution in [0.5, 0.6) is 0 Å². The van der Waals surface area contributed by atoms with Gasteiger partial charge in [0.05, 0.1) is 12.1 Å². The summed E-state index contributed by atoms with van der Waals surface area (Å²) >= 11 is 0. The van der Waals surface area contributed by atoms with Crippen LogP contribution < -0.4 is 10.6 Å². The fraction of sp³-hybridized carbons (Fsp3) is 0.417. The van der Waals surface area contributed by atoms with Crippen LogP contribution in [-0.4, -0.2) is 18.5 Å². The van der Waals surface area contributed by atoms with Gasteiger partial charge in [0.15, 0.2) is 0 Å². The van der Waals surface area contributed by atoms with Crippen LogP contribution in [0.25, 0.3) is 0 Å². The Morgan fingerprint density at radius 1 is 1.33 bits per heavy atom. The Hall–Kier alpha value is -1.72. The van der Waals surface area contributed by atoms with E-state index in [0.29, 0.717) is 0 Å². The van der Waals surface area contributed by atoms with Crippen molar-refractivity contribution in [2.45, 2.75) is 25.1 Å². The first-order valence-corrected chi connectivity index (χ1v) is 5.65. The largest absolute Gasteiger partial charge is 0.416 e. The third kappa shape index (κ3) is 3.65. The number of hydrogen-bond acceptors (Lipinski definition) is 2. The van der Waals surface area contributed by atoms with Crippen LogP contribution in [0.2, 0.25) is 0 Å². The van der Waals surface area contributed by atoms with Gasteiger partial charge in [-0.3, -0.25) is 4.79 Å². The van der Waals surface area contributed by atoms with Crippen LogP contribution >= 0.6 is 0 Å². The zero-order valence-corrected chi connectivity index (χ0v) is 9.55. The molecule has 1 saturated carbocycles. The van der Waals surface area contributed by atoms with E-state index in [2.05, 4.69) is 10.6 Å². The maximum Gasteiger partial charge on any atom is 0.416 e. The summed E-state index contributed by atoms with van der Waals surface area (Å²) < 4.78 is 37.3. The lowest BCUT2D eigenvalue weighted by Crippen LogP contribution is -2.31. The fourth-order valence-electron chi connectivity index (χ4n) is 1.49. The van der Waals surface area contributed by atoms with E-state index in [9.17, 15) is 18.0 Å². The van der Waals surface area contributed by atoms with Gasteiger partial charge >= 0.3 is 6.18 Å². The molecule has 0 heterocycles. The molecule has 0 aliphatic heterocycles. The van der Waals surface area contributed by atoms with E-state index in [1.165, 1.54) is 12.1 Å². The maximum absolute atomic E-state index is 12.4. The van der Waals surface area contributed by atoms with Crippen molar-refractivity contribution in [1.29, 1.82) is 0 Å². The van der Waals surface area contributed by atoms with Gasteiger partial charge in [-0.25, -0.2) is 0 Å². The van der Waals surface area contributed by atoms with E-state index in [1.54, 1.807) is 0 Å². The van der Waals surface area contributed by atoms with Crippen molar-refractivity contribution in [2.75, 3.05) is 11.9 Å². The molecule has 0 radical (unpaired) electrons. The van der Waals surface area contributed by atoms with Gasteiger partial charge in [0.25, 0.3) is 0 Å². The Morgan fingerprint density at radius 2 is 2.06 bits per heavy atom. The van der Waals surface area contributed by atoms with E-state index in [0.717, 1.165) is 25.0 Å². The molecule has 1 aromatic rings. The minimum absolute atomic E-state index is 0.0161. The number of nitrogens with one attached hydrogen (secondary N) is 2. The van der Waals surface area contributed by atoms with Gasteiger partial charge in [0.1, 0.15) is 0 Å². The number of halogens is 3. The highest BCUT2D eigenvalue weighted by molar-refractivity contribution is 5.81. The number of alkyl halides is 3. The fourth-order valence-corrected chi connectivity index (χ4v) is 1.49.